The van der Waals surface area contributed by atoms with Gasteiger partial charge in [-0.25, -0.2) is 4.98 Å². The maximum absolute atomic E-state index is 5.66. The zero-order chi connectivity index (χ0) is 9.97. The fraction of sp³-hybridized carbons (Fsp3) is 0.300. The lowest BCUT2D eigenvalue weighted by Crippen LogP contribution is -2.25. The number of rotatable bonds is 3. The van der Waals surface area contributed by atoms with Crippen LogP contribution in [0.25, 0.3) is 11.1 Å². The van der Waals surface area contributed by atoms with Gasteiger partial charge in [0.2, 0.25) is 5.71 Å². The fourth-order valence-electron chi connectivity index (χ4n) is 1.30. The van der Waals surface area contributed by atoms with Gasteiger partial charge < -0.3 is 15.5 Å². The third-order valence-electron chi connectivity index (χ3n) is 1.98. The van der Waals surface area contributed by atoms with E-state index in [-0.39, 0.29) is 6.04 Å². The first-order chi connectivity index (χ1) is 6.77. The molecule has 0 amide bonds. The summed E-state index contributed by atoms with van der Waals surface area (Å²) >= 11 is 0. The Bertz CT molecular complexity index is 422. The predicted octanol–water partition coefficient (Wildman–Crippen LogP) is 1.59. The molecule has 0 bridgehead atoms. The molecular weight excluding hydrogens is 178 g/mol. The highest BCUT2D eigenvalue weighted by Gasteiger charge is 2.03. The highest BCUT2D eigenvalue weighted by Crippen LogP contribution is 2.21. The highest BCUT2D eigenvalue weighted by molar-refractivity contribution is 5.87. The smallest absolute Gasteiger partial charge is 0.227 e. The van der Waals surface area contributed by atoms with Crippen LogP contribution in [-0.4, -0.2) is 17.6 Å². The first-order valence-electron chi connectivity index (χ1n) is 4.59. The van der Waals surface area contributed by atoms with E-state index in [0.29, 0.717) is 5.71 Å². The van der Waals surface area contributed by atoms with Crippen LogP contribution in [0.4, 0.5) is 5.69 Å². The number of fused-ring (bicyclic) bond motifs is 1. The molecule has 0 saturated heterocycles. The second-order valence-electron chi connectivity index (χ2n) is 3.36. The average molecular weight is 191 g/mol. The van der Waals surface area contributed by atoms with Crippen LogP contribution in [0, 0.1) is 0 Å². The standard InChI is InChI=1S/C10H13N3O/c1-7(11)6-13-9-2-4-12-10-8(9)3-5-14-10/h2-5,7H,6,11H2,1H3,(H,12,13). The Hall–Kier alpha value is -1.55. The molecule has 1 atom stereocenters. The molecule has 74 valence electrons. The predicted molar refractivity (Wildman–Crippen MR) is 56.1 cm³/mol. The lowest BCUT2D eigenvalue weighted by molar-refractivity contribution is 0.603. The van der Waals surface area contributed by atoms with Gasteiger partial charge in [0.05, 0.1) is 11.6 Å². The summed E-state index contributed by atoms with van der Waals surface area (Å²) in [5.74, 6) is 0. The molecule has 0 aliphatic rings. The van der Waals surface area contributed by atoms with Crippen LogP contribution in [0.2, 0.25) is 0 Å². The van der Waals surface area contributed by atoms with Gasteiger partial charge in [-0.1, -0.05) is 0 Å². The molecule has 0 radical (unpaired) electrons. The zero-order valence-electron chi connectivity index (χ0n) is 8.03. The van der Waals surface area contributed by atoms with Crippen molar-refractivity contribution in [1.29, 1.82) is 0 Å². The van der Waals surface area contributed by atoms with E-state index in [9.17, 15) is 0 Å². The van der Waals surface area contributed by atoms with Crippen LogP contribution in [0.5, 0.6) is 0 Å². The summed E-state index contributed by atoms with van der Waals surface area (Å²) in [6.07, 6.45) is 3.35. The number of pyridine rings is 1. The van der Waals surface area contributed by atoms with E-state index in [1.165, 1.54) is 0 Å². The first-order valence-corrected chi connectivity index (χ1v) is 4.59. The van der Waals surface area contributed by atoms with E-state index >= 15 is 0 Å². The SMILES string of the molecule is CC(N)CNc1ccnc2occc12. The normalized spacial score (nSPS) is 13.0. The van der Waals surface area contributed by atoms with Crippen molar-refractivity contribution in [3.63, 3.8) is 0 Å². The van der Waals surface area contributed by atoms with E-state index in [2.05, 4.69) is 10.3 Å². The number of nitrogens with one attached hydrogen (secondary N) is 1. The Balaban J connectivity index is 2.27. The molecule has 14 heavy (non-hydrogen) atoms. The molecule has 4 heteroatoms. The Morgan fingerprint density at radius 2 is 2.43 bits per heavy atom. The Morgan fingerprint density at radius 1 is 1.57 bits per heavy atom. The second-order valence-corrected chi connectivity index (χ2v) is 3.36. The van der Waals surface area contributed by atoms with Crippen molar-refractivity contribution >= 4 is 16.8 Å². The number of anilines is 1. The van der Waals surface area contributed by atoms with Gasteiger partial charge in [0.15, 0.2) is 0 Å². The third-order valence-corrected chi connectivity index (χ3v) is 1.98. The minimum absolute atomic E-state index is 0.130. The molecule has 2 heterocycles. The highest BCUT2D eigenvalue weighted by atomic mass is 16.3. The molecule has 0 spiro atoms. The summed E-state index contributed by atoms with van der Waals surface area (Å²) in [6, 6.07) is 3.94. The van der Waals surface area contributed by atoms with Gasteiger partial charge in [-0.2, -0.15) is 0 Å². The van der Waals surface area contributed by atoms with Gasteiger partial charge in [-0.05, 0) is 19.1 Å². The maximum atomic E-state index is 5.66. The van der Waals surface area contributed by atoms with Crippen molar-refractivity contribution < 1.29 is 4.42 Å². The first kappa shape index (κ1) is 9.02. The topological polar surface area (TPSA) is 64.1 Å². The van der Waals surface area contributed by atoms with E-state index < -0.39 is 0 Å². The summed E-state index contributed by atoms with van der Waals surface area (Å²) in [7, 11) is 0. The molecule has 3 N–H and O–H groups in total. The van der Waals surface area contributed by atoms with Gasteiger partial charge in [0.1, 0.15) is 0 Å². The van der Waals surface area contributed by atoms with Crippen molar-refractivity contribution in [1.82, 2.24) is 4.98 Å². The summed E-state index contributed by atoms with van der Waals surface area (Å²) in [5, 5.41) is 4.24. The van der Waals surface area contributed by atoms with Gasteiger partial charge in [-0.15, -0.1) is 0 Å². The summed E-state index contributed by atoms with van der Waals surface area (Å²) < 4.78 is 5.18. The monoisotopic (exact) mass is 191 g/mol. The Labute approximate surface area is 82.1 Å². The van der Waals surface area contributed by atoms with E-state index in [4.69, 9.17) is 10.2 Å². The third kappa shape index (κ3) is 1.70. The molecular formula is C10H13N3O. The molecule has 0 aliphatic carbocycles. The summed E-state index contributed by atoms with van der Waals surface area (Å²) in [4.78, 5) is 4.09. The number of furan rings is 1. The van der Waals surface area contributed by atoms with E-state index in [0.717, 1.165) is 17.6 Å². The summed E-state index contributed by atoms with van der Waals surface area (Å²) in [5.41, 5.74) is 7.33. The van der Waals surface area contributed by atoms with Crippen molar-refractivity contribution in [3.8, 4) is 0 Å². The molecule has 4 nitrogen and oxygen atoms in total. The summed E-state index contributed by atoms with van der Waals surface area (Å²) in [6.45, 7) is 2.70. The maximum Gasteiger partial charge on any atom is 0.227 e. The van der Waals surface area contributed by atoms with Crippen LogP contribution in [0.1, 0.15) is 6.92 Å². The Kier molecular flexibility index (Phi) is 2.37. The molecule has 0 saturated carbocycles. The molecule has 0 aromatic carbocycles. The van der Waals surface area contributed by atoms with E-state index in [1.54, 1.807) is 12.5 Å². The van der Waals surface area contributed by atoms with Gasteiger partial charge in [0.25, 0.3) is 0 Å². The molecule has 0 aliphatic heterocycles. The average Bonchev–Trinajstić information content (AvgIpc) is 2.62. The van der Waals surface area contributed by atoms with Gasteiger partial charge >= 0.3 is 0 Å². The lowest BCUT2D eigenvalue weighted by atomic mass is 10.2. The minimum atomic E-state index is 0.130. The number of hydrogen-bond acceptors (Lipinski definition) is 4. The number of aromatic nitrogens is 1. The van der Waals surface area contributed by atoms with Crippen LogP contribution < -0.4 is 11.1 Å². The Morgan fingerprint density at radius 3 is 3.21 bits per heavy atom. The lowest BCUT2D eigenvalue weighted by Gasteiger charge is -2.08. The van der Waals surface area contributed by atoms with E-state index in [1.807, 2.05) is 19.1 Å². The number of nitrogens with two attached hydrogens (primary N) is 1. The zero-order valence-corrected chi connectivity index (χ0v) is 8.03. The molecule has 2 rings (SSSR count). The molecule has 2 aromatic heterocycles. The quantitative estimate of drug-likeness (QED) is 0.773. The van der Waals surface area contributed by atoms with Crippen molar-refractivity contribution in [3.05, 3.63) is 24.6 Å². The minimum Gasteiger partial charge on any atom is -0.446 e. The number of nitrogens with zero attached hydrogens (tertiary/aromatic N) is 1. The second kappa shape index (κ2) is 3.67. The van der Waals surface area contributed by atoms with Crippen LogP contribution in [-0.2, 0) is 0 Å². The van der Waals surface area contributed by atoms with Crippen molar-refractivity contribution in [2.24, 2.45) is 5.73 Å². The van der Waals surface area contributed by atoms with Gasteiger partial charge in [-0.3, -0.25) is 0 Å². The van der Waals surface area contributed by atoms with Crippen molar-refractivity contribution in [2.75, 3.05) is 11.9 Å². The fourth-order valence-corrected chi connectivity index (χ4v) is 1.30. The molecule has 2 aromatic rings. The van der Waals surface area contributed by atoms with Crippen molar-refractivity contribution in [2.45, 2.75) is 13.0 Å². The largest absolute Gasteiger partial charge is 0.446 e. The number of hydrogen-bond donors (Lipinski definition) is 2. The van der Waals surface area contributed by atoms with Crippen LogP contribution >= 0.6 is 0 Å². The van der Waals surface area contributed by atoms with Crippen LogP contribution in [0.3, 0.4) is 0 Å². The van der Waals surface area contributed by atoms with Crippen LogP contribution in [0.15, 0.2) is 29.0 Å². The van der Waals surface area contributed by atoms with Gasteiger partial charge in [0, 0.05) is 24.5 Å². The molecule has 1 unspecified atom stereocenters. The molecule has 0 fully saturated rings.